The lowest BCUT2D eigenvalue weighted by atomic mass is 9.86. The Hall–Kier alpha value is -20.8. The van der Waals surface area contributed by atoms with Gasteiger partial charge in [-0.25, -0.2) is 0 Å². The number of nitrogens with zero attached hydrogens (tertiary/aromatic N) is 13. The molecular weight excluding hydrogens is 1770 g/mol. The van der Waals surface area contributed by atoms with Crippen LogP contribution in [0.25, 0.3) is 259 Å². The van der Waals surface area contributed by atoms with Crippen LogP contribution in [0.15, 0.2) is 443 Å². The summed E-state index contributed by atoms with van der Waals surface area (Å²) in [6.07, 6.45) is 0. The molecule has 0 saturated heterocycles. The zero-order valence-electron chi connectivity index (χ0n) is 77.5. The standard InChI is InChI=1S/C132H73N13/c133-74-85-72-86(75-134)127(121(82-40-9-3-10-41-82)126(85)139-105-57-23-13-44-88(105)89-45-14-24-58-106(89)139)145-111-63-29-19-50-94(111)95-71-70-84(73-118(95)145)87-54-33-67-115-123(87)98-51-20-30-64-112(98)142(115)128-101(76-135)119(80-36-5-1-6-37-80)132(120(102(128)77-136)81-38-7-2-8-39-81)144-114-66-32-22-53-100(114)125-97(56-35-69-117(125)144)96-55-34-68-116-124(96)99-52-21-31-65-113(99)143(116)129-103(78-137)130(140-107-59-25-15-46-90(107)91-47-16-26-60-108(91)140)122(83-42-11-4-12-43-83)131(104(129)79-138)141-109-61-27-17-48-92(109)93-49-18-28-62-110(93)141/h1-73H. The summed E-state index contributed by atoms with van der Waals surface area (Å²) in [6, 6.07) is 168. The second-order valence-electron chi connectivity index (χ2n) is 36.9. The summed E-state index contributed by atoms with van der Waals surface area (Å²) < 4.78 is 15.6. The smallest absolute Gasteiger partial charge is 0.104 e. The van der Waals surface area contributed by atoms with E-state index < -0.39 is 0 Å². The first-order valence-corrected chi connectivity index (χ1v) is 48.3. The largest absolute Gasteiger partial charge is 0.308 e. The number of para-hydroxylation sites is 10. The van der Waals surface area contributed by atoms with E-state index in [1.807, 2.05) is 127 Å². The van der Waals surface area contributed by atoms with E-state index >= 15 is 0 Å². The van der Waals surface area contributed by atoms with Crippen LogP contribution >= 0.6 is 0 Å². The molecule has 0 amide bonds. The molecule has 28 aromatic rings. The SMILES string of the molecule is N#Cc1cc(C#N)c(-n2c3ccccc3c3ccc(-c4cccc5c4c4ccccc4n5-c4c(C#N)c(-c5ccccc5)c(-n5c6ccccc6c6c(-c7cccc8c7c7ccccc7n8-c7c(C#N)c(-n8c9ccccc9c9ccccc98)c(-c8ccccc8)c(-n8c9ccccc9c9ccccc98)c7C#N)cccc65)c(-c5ccccc5)c4C#N)cc32)c(-c2ccccc2)c1-n1c2ccccc2c2ccccc21. The van der Waals surface area contributed by atoms with Gasteiger partial charge in [0.2, 0.25) is 0 Å². The number of fused-ring (bicyclic) bond motifs is 21. The van der Waals surface area contributed by atoms with Gasteiger partial charge in [0.1, 0.15) is 47.5 Å². The number of benzene rings is 21. The Balaban J connectivity index is 0.691. The maximum Gasteiger partial charge on any atom is 0.104 e. The Morgan fingerprint density at radius 2 is 0.366 bits per heavy atom. The van der Waals surface area contributed by atoms with Crippen molar-refractivity contribution >= 4 is 153 Å². The summed E-state index contributed by atoms with van der Waals surface area (Å²) in [6.45, 7) is 0. The fraction of sp³-hybridized carbons (Fsp3) is 0. The summed E-state index contributed by atoms with van der Waals surface area (Å²) in [5.41, 5.74) is 26.8. The molecule has 13 nitrogen and oxygen atoms in total. The molecule has 0 N–H and O–H groups in total. The molecule has 7 heterocycles. The third-order valence-electron chi connectivity index (χ3n) is 29.8. The molecule has 0 aliphatic heterocycles. The van der Waals surface area contributed by atoms with Crippen molar-refractivity contribution in [2.75, 3.05) is 0 Å². The lowest BCUT2D eigenvalue weighted by molar-refractivity contribution is 1.08. The van der Waals surface area contributed by atoms with E-state index in [1.54, 1.807) is 6.07 Å². The molecule has 0 atom stereocenters. The number of hydrogen-bond donors (Lipinski definition) is 0. The zero-order chi connectivity index (χ0) is 96.5. The first-order valence-electron chi connectivity index (χ1n) is 48.3. The van der Waals surface area contributed by atoms with Crippen LogP contribution in [0.1, 0.15) is 33.4 Å². The van der Waals surface area contributed by atoms with Crippen LogP contribution in [-0.4, -0.2) is 32.0 Å². The van der Waals surface area contributed by atoms with Crippen LogP contribution in [0.3, 0.4) is 0 Å². The number of aromatic nitrogens is 7. The first-order chi connectivity index (χ1) is 71.9. The van der Waals surface area contributed by atoms with Crippen molar-refractivity contribution in [2.24, 2.45) is 0 Å². The molecule has 0 bridgehead atoms. The van der Waals surface area contributed by atoms with Gasteiger partial charge in [0.05, 0.1) is 139 Å². The normalized spacial score (nSPS) is 11.7. The van der Waals surface area contributed by atoms with Crippen LogP contribution in [0.2, 0.25) is 0 Å². The van der Waals surface area contributed by atoms with E-state index in [4.69, 9.17) is 0 Å². The molecule has 0 aliphatic rings. The quantitative estimate of drug-likeness (QED) is 0.111. The Kier molecular flexibility index (Phi) is 18.4. The second kappa shape index (κ2) is 32.4. The summed E-state index contributed by atoms with van der Waals surface area (Å²) in [5, 5.41) is 88.5. The van der Waals surface area contributed by atoms with Crippen molar-refractivity contribution in [1.82, 2.24) is 32.0 Å². The number of rotatable bonds is 13. The third kappa shape index (κ3) is 11.8. The van der Waals surface area contributed by atoms with Gasteiger partial charge in [0.15, 0.2) is 0 Å². The van der Waals surface area contributed by atoms with Crippen LogP contribution in [0, 0.1) is 68.0 Å². The van der Waals surface area contributed by atoms with E-state index in [0.717, 1.165) is 197 Å². The summed E-state index contributed by atoms with van der Waals surface area (Å²) in [5.74, 6) is 0. The highest BCUT2D eigenvalue weighted by molar-refractivity contribution is 6.26. The summed E-state index contributed by atoms with van der Waals surface area (Å²) in [7, 11) is 0. The molecule has 7 aromatic heterocycles. The monoisotopic (exact) mass is 1840 g/mol. The van der Waals surface area contributed by atoms with Gasteiger partial charge in [-0.3, -0.25) is 0 Å². The average molecular weight is 1840 g/mol. The van der Waals surface area contributed by atoms with Crippen LogP contribution in [0.5, 0.6) is 0 Å². The predicted octanol–water partition coefficient (Wildman–Crippen LogP) is 32.6. The Morgan fingerprint density at radius 3 is 0.683 bits per heavy atom. The highest BCUT2D eigenvalue weighted by Crippen LogP contribution is 2.56. The van der Waals surface area contributed by atoms with Crippen molar-refractivity contribution in [3.05, 3.63) is 476 Å². The molecule has 0 radical (unpaired) electrons. The van der Waals surface area contributed by atoms with Gasteiger partial charge in [-0.05, 0) is 136 Å². The molecule has 0 aliphatic carbocycles. The first kappa shape index (κ1) is 82.4. The minimum atomic E-state index is 0.272. The van der Waals surface area contributed by atoms with Crippen molar-refractivity contribution in [3.8, 4) is 143 Å². The van der Waals surface area contributed by atoms with Gasteiger partial charge in [0, 0.05) is 97.7 Å². The van der Waals surface area contributed by atoms with Crippen molar-refractivity contribution in [3.63, 3.8) is 0 Å². The second-order valence-corrected chi connectivity index (χ2v) is 36.9. The maximum atomic E-state index is 13.0. The molecule has 13 heteroatoms. The Morgan fingerprint density at radius 1 is 0.138 bits per heavy atom. The molecule has 0 saturated carbocycles. The molecule has 28 rings (SSSR count). The lowest BCUT2D eigenvalue weighted by Crippen LogP contribution is -2.14. The topological polar surface area (TPSA) is 177 Å². The summed E-state index contributed by atoms with van der Waals surface area (Å²) >= 11 is 0. The molecule has 0 unspecified atom stereocenters. The molecule has 0 spiro atoms. The van der Waals surface area contributed by atoms with Crippen molar-refractivity contribution in [1.29, 1.82) is 31.6 Å². The van der Waals surface area contributed by atoms with Crippen LogP contribution in [0.4, 0.5) is 0 Å². The van der Waals surface area contributed by atoms with E-state index in [1.165, 1.54) is 0 Å². The van der Waals surface area contributed by atoms with Crippen LogP contribution < -0.4 is 0 Å². The molecule has 21 aromatic carbocycles. The highest BCUT2D eigenvalue weighted by atomic mass is 15.1. The van der Waals surface area contributed by atoms with Gasteiger partial charge in [-0.15, -0.1) is 0 Å². The molecule has 666 valence electrons. The molecular formula is C132H73N13. The maximum absolute atomic E-state index is 13.0. The predicted molar refractivity (Wildman–Crippen MR) is 588 cm³/mol. The minimum absolute atomic E-state index is 0.272. The molecule has 0 fully saturated rings. The van der Waals surface area contributed by atoms with E-state index in [-0.39, 0.29) is 11.1 Å². The van der Waals surface area contributed by atoms with Gasteiger partial charge in [-0.1, -0.05) is 352 Å². The lowest BCUT2D eigenvalue weighted by Gasteiger charge is -2.26. The van der Waals surface area contributed by atoms with Gasteiger partial charge >= 0.3 is 0 Å². The van der Waals surface area contributed by atoms with E-state index in [2.05, 4.69) is 378 Å². The van der Waals surface area contributed by atoms with E-state index in [9.17, 15) is 31.6 Å². The number of nitriles is 6. The van der Waals surface area contributed by atoms with Gasteiger partial charge < -0.3 is 32.0 Å². The summed E-state index contributed by atoms with van der Waals surface area (Å²) in [4.78, 5) is 0. The fourth-order valence-electron chi connectivity index (χ4n) is 24.1. The highest BCUT2D eigenvalue weighted by Gasteiger charge is 2.38. The third-order valence-corrected chi connectivity index (χ3v) is 29.8. The van der Waals surface area contributed by atoms with E-state index in [0.29, 0.717) is 84.3 Å². The zero-order valence-corrected chi connectivity index (χ0v) is 77.5. The fourth-order valence-corrected chi connectivity index (χ4v) is 24.1. The average Bonchev–Trinajstić information content (AvgIpc) is 1.56. The Bertz CT molecular complexity index is 10400. The molecule has 145 heavy (non-hydrogen) atoms. The Labute approximate surface area is 829 Å². The van der Waals surface area contributed by atoms with Crippen molar-refractivity contribution < 1.29 is 0 Å². The number of hydrogen-bond acceptors (Lipinski definition) is 6. The van der Waals surface area contributed by atoms with Gasteiger partial charge in [0.25, 0.3) is 0 Å². The minimum Gasteiger partial charge on any atom is -0.308 e. The van der Waals surface area contributed by atoms with Crippen LogP contribution in [-0.2, 0) is 0 Å². The van der Waals surface area contributed by atoms with Gasteiger partial charge in [-0.2, -0.15) is 31.6 Å². The van der Waals surface area contributed by atoms with Crippen molar-refractivity contribution in [2.45, 2.75) is 0 Å².